The molecule has 1 amide bonds. The van der Waals surface area contributed by atoms with Crippen LogP contribution in [-0.2, 0) is 11.4 Å². The highest BCUT2D eigenvalue weighted by atomic mass is 79.9. The summed E-state index contributed by atoms with van der Waals surface area (Å²) >= 11 is 9.74. The summed E-state index contributed by atoms with van der Waals surface area (Å²) in [7, 11) is 0. The highest BCUT2D eigenvalue weighted by Gasteiger charge is 2.22. The largest absolute Gasteiger partial charge is 0.488 e. The fourth-order valence-corrected chi connectivity index (χ4v) is 3.59. The van der Waals surface area contributed by atoms with E-state index in [1.807, 2.05) is 30.3 Å². The van der Waals surface area contributed by atoms with Crippen LogP contribution in [0.15, 0.2) is 51.8 Å². The Balaban J connectivity index is 1.83. The van der Waals surface area contributed by atoms with E-state index in [9.17, 15) is 4.79 Å². The Morgan fingerprint density at radius 1 is 1.25 bits per heavy atom. The molecule has 122 valence electrons. The third kappa shape index (κ3) is 4.26. The minimum absolute atomic E-state index is 0.172. The predicted molar refractivity (Wildman–Crippen MR) is 106 cm³/mol. The second kappa shape index (κ2) is 7.51. The van der Waals surface area contributed by atoms with Crippen molar-refractivity contribution in [1.29, 1.82) is 0 Å². The topological polar surface area (TPSA) is 38.3 Å². The average Bonchev–Trinajstić information content (AvgIpc) is 2.86. The van der Waals surface area contributed by atoms with Gasteiger partial charge in [0.2, 0.25) is 0 Å². The monoisotopic (exact) mass is 419 g/mol. The second-order valence-corrected chi connectivity index (χ2v) is 7.94. The predicted octanol–water partition coefficient (Wildman–Crippen LogP) is 4.83. The lowest BCUT2D eigenvalue weighted by molar-refractivity contribution is -0.115. The minimum atomic E-state index is -0.172. The summed E-state index contributed by atoms with van der Waals surface area (Å²) in [6, 6.07) is 13.9. The van der Waals surface area contributed by atoms with Gasteiger partial charge in [0.05, 0.1) is 4.91 Å². The van der Waals surface area contributed by atoms with Gasteiger partial charge in [-0.1, -0.05) is 69.7 Å². The molecular weight excluding hydrogens is 406 g/mol. The van der Waals surface area contributed by atoms with Gasteiger partial charge in [0.15, 0.2) is 0 Å². The fourth-order valence-electron chi connectivity index (χ4n) is 2.17. The highest BCUT2D eigenvalue weighted by Crippen LogP contribution is 2.31. The number of thiocarbonyl (C=S) groups is 1. The van der Waals surface area contributed by atoms with Crippen LogP contribution < -0.4 is 10.1 Å². The standard InChI is InChI=1S/C18H14BrNO2S2/c1-11-2-4-12(5-3-11)10-22-15-7-6-14(19)8-13(15)9-16-17(21)20-18(23)24-16/h2-9H,10H2,1H3,(H,20,21,23). The molecule has 0 bridgehead atoms. The van der Waals surface area contributed by atoms with Crippen molar-refractivity contribution in [3.63, 3.8) is 0 Å². The van der Waals surface area contributed by atoms with Gasteiger partial charge in [0.25, 0.3) is 5.91 Å². The van der Waals surface area contributed by atoms with E-state index in [4.69, 9.17) is 17.0 Å². The maximum absolute atomic E-state index is 11.9. The number of amides is 1. The molecule has 1 aliphatic rings. The Kier molecular flexibility index (Phi) is 5.38. The normalized spacial score (nSPS) is 15.7. The molecule has 1 fully saturated rings. The molecule has 3 nitrogen and oxygen atoms in total. The maximum Gasteiger partial charge on any atom is 0.263 e. The van der Waals surface area contributed by atoms with Crippen molar-refractivity contribution in [1.82, 2.24) is 5.32 Å². The third-order valence-electron chi connectivity index (χ3n) is 3.42. The maximum atomic E-state index is 11.9. The van der Waals surface area contributed by atoms with E-state index in [0.29, 0.717) is 15.8 Å². The fraction of sp³-hybridized carbons (Fsp3) is 0.111. The van der Waals surface area contributed by atoms with Gasteiger partial charge in [-0.2, -0.15) is 0 Å². The van der Waals surface area contributed by atoms with Crippen molar-refractivity contribution in [3.05, 3.63) is 68.5 Å². The van der Waals surface area contributed by atoms with Crippen molar-refractivity contribution >= 4 is 56.2 Å². The van der Waals surface area contributed by atoms with Gasteiger partial charge in [0, 0.05) is 10.0 Å². The molecule has 0 radical (unpaired) electrons. The summed E-state index contributed by atoms with van der Waals surface area (Å²) in [5, 5.41) is 2.62. The Bertz CT molecular complexity index is 831. The Hall–Kier alpha value is -1.63. The minimum Gasteiger partial charge on any atom is -0.488 e. The van der Waals surface area contributed by atoms with Crippen molar-refractivity contribution < 1.29 is 9.53 Å². The first-order chi connectivity index (χ1) is 11.5. The van der Waals surface area contributed by atoms with Crippen molar-refractivity contribution in [2.45, 2.75) is 13.5 Å². The van der Waals surface area contributed by atoms with Crippen LogP contribution in [0.1, 0.15) is 16.7 Å². The first-order valence-corrected chi connectivity index (χ1v) is 9.26. The third-order valence-corrected chi connectivity index (χ3v) is 5.07. The zero-order valence-electron chi connectivity index (χ0n) is 12.8. The van der Waals surface area contributed by atoms with Gasteiger partial charge < -0.3 is 10.1 Å². The molecule has 0 aliphatic carbocycles. The van der Waals surface area contributed by atoms with Gasteiger partial charge in [-0.15, -0.1) is 0 Å². The molecule has 3 rings (SSSR count). The molecule has 1 heterocycles. The van der Waals surface area contributed by atoms with Crippen LogP contribution in [-0.4, -0.2) is 10.2 Å². The molecule has 24 heavy (non-hydrogen) atoms. The average molecular weight is 420 g/mol. The van der Waals surface area contributed by atoms with Gasteiger partial charge in [0.1, 0.15) is 16.7 Å². The van der Waals surface area contributed by atoms with E-state index in [1.54, 1.807) is 6.08 Å². The number of rotatable bonds is 4. The molecule has 0 spiro atoms. The number of nitrogens with one attached hydrogen (secondary N) is 1. The first-order valence-electron chi connectivity index (χ1n) is 7.24. The molecule has 6 heteroatoms. The summed E-state index contributed by atoms with van der Waals surface area (Å²) in [4.78, 5) is 12.4. The molecule has 1 N–H and O–H groups in total. The highest BCUT2D eigenvalue weighted by molar-refractivity contribution is 9.10. The van der Waals surface area contributed by atoms with E-state index < -0.39 is 0 Å². The van der Waals surface area contributed by atoms with Gasteiger partial charge >= 0.3 is 0 Å². The van der Waals surface area contributed by atoms with Gasteiger partial charge in [-0.3, -0.25) is 4.79 Å². The summed E-state index contributed by atoms with van der Waals surface area (Å²) < 4.78 is 7.35. The number of ether oxygens (including phenoxy) is 1. The van der Waals surface area contributed by atoms with Crippen LogP contribution in [0.2, 0.25) is 0 Å². The van der Waals surface area contributed by atoms with Crippen molar-refractivity contribution in [3.8, 4) is 5.75 Å². The molecule has 0 unspecified atom stereocenters. The van der Waals surface area contributed by atoms with Crippen LogP contribution in [0.5, 0.6) is 5.75 Å². The number of carbonyl (C=O) groups is 1. The summed E-state index contributed by atoms with van der Waals surface area (Å²) in [6.45, 7) is 2.52. The molecule has 0 saturated carbocycles. The molecule has 0 atom stereocenters. The lowest BCUT2D eigenvalue weighted by atomic mass is 10.1. The van der Waals surface area contributed by atoms with E-state index in [0.717, 1.165) is 21.3 Å². The Morgan fingerprint density at radius 3 is 2.67 bits per heavy atom. The zero-order valence-corrected chi connectivity index (χ0v) is 16.1. The lowest BCUT2D eigenvalue weighted by Gasteiger charge is -2.10. The second-order valence-electron chi connectivity index (χ2n) is 5.31. The van der Waals surface area contributed by atoms with Gasteiger partial charge in [-0.25, -0.2) is 0 Å². The molecule has 0 aromatic heterocycles. The molecule has 2 aromatic carbocycles. The zero-order chi connectivity index (χ0) is 17.1. The van der Waals surface area contributed by atoms with Crippen LogP contribution in [0.3, 0.4) is 0 Å². The number of benzene rings is 2. The van der Waals surface area contributed by atoms with Crippen LogP contribution >= 0.6 is 39.9 Å². The van der Waals surface area contributed by atoms with E-state index in [2.05, 4.69) is 40.3 Å². The SMILES string of the molecule is Cc1ccc(COc2ccc(Br)cc2C=C2SC(=S)NC2=O)cc1. The van der Waals surface area contributed by atoms with Crippen LogP contribution in [0.25, 0.3) is 6.08 Å². The van der Waals surface area contributed by atoms with Crippen LogP contribution in [0.4, 0.5) is 0 Å². The van der Waals surface area contributed by atoms with Crippen LogP contribution in [0, 0.1) is 6.92 Å². The van der Waals surface area contributed by atoms with Crippen molar-refractivity contribution in [2.75, 3.05) is 0 Å². The molecule has 1 aliphatic heterocycles. The quantitative estimate of drug-likeness (QED) is 0.568. The molecule has 1 saturated heterocycles. The smallest absolute Gasteiger partial charge is 0.263 e. The number of hydrogen-bond donors (Lipinski definition) is 1. The molecular formula is C18H14BrNO2S2. The van der Waals surface area contributed by atoms with E-state index in [-0.39, 0.29) is 5.91 Å². The number of hydrogen-bond acceptors (Lipinski definition) is 4. The van der Waals surface area contributed by atoms with E-state index in [1.165, 1.54) is 17.3 Å². The number of aryl methyl sites for hydroxylation is 1. The van der Waals surface area contributed by atoms with E-state index >= 15 is 0 Å². The number of halogens is 1. The summed E-state index contributed by atoms with van der Waals surface area (Å²) in [5.74, 6) is 0.548. The summed E-state index contributed by atoms with van der Waals surface area (Å²) in [5.41, 5.74) is 3.14. The molecule has 2 aromatic rings. The number of thioether (sulfide) groups is 1. The number of carbonyl (C=O) groups excluding carboxylic acids is 1. The Morgan fingerprint density at radius 2 is 2.00 bits per heavy atom. The van der Waals surface area contributed by atoms with Crippen molar-refractivity contribution in [2.24, 2.45) is 0 Å². The Labute approximate surface area is 158 Å². The van der Waals surface area contributed by atoms with Gasteiger partial charge in [-0.05, 0) is 36.8 Å². The lowest BCUT2D eigenvalue weighted by Crippen LogP contribution is -2.17. The summed E-state index contributed by atoms with van der Waals surface area (Å²) in [6.07, 6.45) is 1.80. The first kappa shape index (κ1) is 17.2.